The minimum Gasteiger partial charge on any atom is -0.454 e. The molecule has 0 N–H and O–H groups in total. The summed E-state index contributed by atoms with van der Waals surface area (Å²) in [6.45, 7) is 0. The molecule has 76 valence electrons. The maximum Gasteiger partial charge on any atom is 0.184 e. The Labute approximate surface area is 92.1 Å². The van der Waals surface area contributed by atoms with Gasteiger partial charge in [-0.15, -0.1) is 0 Å². The second kappa shape index (κ2) is 4.32. The van der Waals surface area contributed by atoms with Crippen LogP contribution in [-0.2, 0) is 0 Å². The minimum atomic E-state index is -0.539. The smallest absolute Gasteiger partial charge is 0.184 e. The molecule has 0 aliphatic rings. The van der Waals surface area contributed by atoms with Crippen molar-refractivity contribution in [3.63, 3.8) is 0 Å². The lowest BCUT2D eigenvalue weighted by molar-refractivity contribution is 0.442. The monoisotopic (exact) mass is 222 g/mol. The van der Waals surface area contributed by atoms with Crippen LogP contribution < -0.4 is 4.74 Å². The summed E-state index contributed by atoms with van der Waals surface area (Å²) in [5.41, 5.74) is 0. The van der Waals surface area contributed by atoms with Crippen molar-refractivity contribution < 1.29 is 9.13 Å². The largest absolute Gasteiger partial charge is 0.454 e. The first-order chi connectivity index (χ1) is 7.27. The summed E-state index contributed by atoms with van der Waals surface area (Å²) in [6.07, 6.45) is 0. The first kappa shape index (κ1) is 9.99. The Balaban J connectivity index is 2.29. The number of benzene rings is 2. The average molecular weight is 223 g/mol. The molecule has 0 bridgehead atoms. The van der Waals surface area contributed by atoms with Gasteiger partial charge < -0.3 is 4.74 Å². The van der Waals surface area contributed by atoms with Gasteiger partial charge in [0.05, 0.1) is 5.02 Å². The van der Waals surface area contributed by atoms with E-state index in [1.54, 1.807) is 18.2 Å². The lowest BCUT2D eigenvalue weighted by Gasteiger charge is -2.06. The molecule has 0 radical (unpaired) electrons. The van der Waals surface area contributed by atoms with E-state index in [1.165, 1.54) is 12.1 Å². The highest BCUT2D eigenvalue weighted by Gasteiger charge is 2.07. The fourth-order valence-electron chi connectivity index (χ4n) is 1.18. The van der Waals surface area contributed by atoms with Gasteiger partial charge in [0.25, 0.3) is 0 Å². The Morgan fingerprint density at radius 1 is 0.933 bits per heavy atom. The summed E-state index contributed by atoms with van der Waals surface area (Å²) in [6, 6.07) is 13.7. The molecule has 0 aliphatic carbocycles. The minimum absolute atomic E-state index is 0.0587. The summed E-state index contributed by atoms with van der Waals surface area (Å²) in [5.74, 6) is 0.176. The maximum atomic E-state index is 13.4. The van der Waals surface area contributed by atoms with Gasteiger partial charge in [-0.05, 0) is 24.3 Å². The third kappa shape index (κ3) is 2.28. The zero-order valence-electron chi connectivity index (χ0n) is 7.78. The van der Waals surface area contributed by atoms with E-state index in [2.05, 4.69) is 0 Å². The second-order valence-electron chi connectivity index (χ2n) is 2.97. The van der Waals surface area contributed by atoms with Gasteiger partial charge in [-0.3, -0.25) is 0 Å². The third-order valence-corrected chi connectivity index (χ3v) is 2.18. The first-order valence-corrected chi connectivity index (χ1v) is 4.82. The number of hydrogen-bond donors (Lipinski definition) is 0. The number of hydrogen-bond acceptors (Lipinski definition) is 1. The molecule has 0 heterocycles. The topological polar surface area (TPSA) is 9.23 Å². The lowest BCUT2D eigenvalue weighted by atomic mass is 10.3. The summed E-state index contributed by atoms with van der Waals surface area (Å²) >= 11 is 5.63. The molecule has 0 atom stereocenters. The van der Waals surface area contributed by atoms with Crippen LogP contribution in [0.15, 0.2) is 48.5 Å². The van der Waals surface area contributed by atoms with Crippen LogP contribution in [-0.4, -0.2) is 0 Å². The summed E-state index contributed by atoms with van der Waals surface area (Å²) in [7, 11) is 0. The quantitative estimate of drug-likeness (QED) is 0.737. The fraction of sp³-hybridized carbons (Fsp3) is 0. The van der Waals surface area contributed by atoms with Gasteiger partial charge in [0, 0.05) is 0 Å². The van der Waals surface area contributed by atoms with E-state index >= 15 is 0 Å². The van der Waals surface area contributed by atoms with Crippen LogP contribution in [0.3, 0.4) is 0 Å². The highest BCUT2D eigenvalue weighted by Crippen LogP contribution is 2.28. The molecule has 2 aromatic carbocycles. The van der Waals surface area contributed by atoms with E-state index < -0.39 is 5.82 Å². The number of ether oxygens (including phenoxy) is 1. The van der Waals surface area contributed by atoms with Crippen molar-refractivity contribution in [1.29, 1.82) is 0 Å². The van der Waals surface area contributed by atoms with Crippen molar-refractivity contribution in [2.75, 3.05) is 0 Å². The van der Waals surface area contributed by atoms with E-state index in [0.29, 0.717) is 5.75 Å². The lowest BCUT2D eigenvalue weighted by Crippen LogP contribution is -1.88. The molecular formula is C12H8ClFO. The van der Waals surface area contributed by atoms with Crippen LogP contribution in [0, 0.1) is 5.82 Å². The third-order valence-electron chi connectivity index (χ3n) is 1.89. The molecule has 15 heavy (non-hydrogen) atoms. The first-order valence-electron chi connectivity index (χ1n) is 4.44. The summed E-state index contributed by atoms with van der Waals surface area (Å²) < 4.78 is 18.8. The molecule has 0 aromatic heterocycles. The van der Waals surface area contributed by atoms with Crippen molar-refractivity contribution in [2.45, 2.75) is 0 Å². The van der Waals surface area contributed by atoms with Gasteiger partial charge in [0.1, 0.15) is 5.75 Å². The van der Waals surface area contributed by atoms with E-state index in [4.69, 9.17) is 16.3 Å². The Morgan fingerprint density at radius 2 is 1.67 bits per heavy atom. The van der Waals surface area contributed by atoms with Crippen LogP contribution in [0.5, 0.6) is 11.5 Å². The fourth-order valence-corrected chi connectivity index (χ4v) is 1.34. The van der Waals surface area contributed by atoms with E-state index in [-0.39, 0.29) is 10.8 Å². The van der Waals surface area contributed by atoms with Gasteiger partial charge in [-0.1, -0.05) is 35.9 Å². The van der Waals surface area contributed by atoms with Crippen molar-refractivity contribution in [2.24, 2.45) is 0 Å². The molecule has 0 saturated heterocycles. The van der Waals surface area contributed by atoms with E-state index in [9.17, 15) is 4.39 Å². The molecular weight excluding hydrogens is 215 g/mol. The average Bonchev–Trinajstić information content (AvgIpc) is 2.26. The van der Waals surface area contributed by atoms with Crippen LogP contribution in [0.1, 0.15) is 0 Å². The van der Waals surface area contributed by atoms with Gasteiger partial charge in [-0.25, -0.2) is 4.39 Å². The van der Waals surface area contributed by atoms with Crippen LogP contribution in [0.4, 0.5) is 4.39 Å². The standard InChI is InChI=1S/C12H8ClFO/c13-10-7-4-8-11(12(10)14)15-9-5-2-1-3-6-9/h1-8H. The summed E-state index contributed by atoms with van der Waals surface area (Å²) in [4.78, 5) is 0. The zero-order chi connectivity index (χ0) is 10.7. The van der Waals surface area contributed by atoms with Crippen molar-refractivity contribution in [3.05, 3.63) is 59.4 Å². The number of halogens is 2. The predicted molar refractivity (Wildman–Crippen MR) is 57.9 cm³/mol. The molecule has 0 unspecified atom stereocenters. The maximum absolute atomic E-state index is 13.4. The highest BCUT2D eigenvalue weighted by molar-refractivity contribution is 6.30. The van der Waals surface area contributed by atoms with Gasteiger partial charge in [-0.2, -0.15) is 0 Å². The van der Waals surface area contributed by atoms with E-state index in [1.807, 2.05) is 18.2 Å². The molecule has 3 heteroatoms. The Bertz CT molecular complexity index is 456. The zero-order valence-corrected chi connectivity index (χ0v) is 8.54. The molecule has 0 spiro atoms. The van der Waals surface area contributed by atoms with Crippen molar-refractivity contribution in [3.8, 4) is 11.5 Å². The van der Waals surface area contributed by atoms with Crippen molar-refractivity contribution >= 4 is 11.6 Å². The molecule has 0 amide bonds. The second-order valence-corrected chi connectivity index (χ2v) is 3.37. The number of rotatable bonds is 2. The SMILES string of the molecule is Fc1c(Cl)cccc1Oc1ccccc1. The van der Waals surface area contributed by atoms with E-state index in [0.717, 1.165) is 0 Å². The van der Waals surface area contributed by atoms with Gasteiger partial charge >= 0.3 is 0 Å². The molecule has 0 fully saturated rings. The highest BCUT2D eigenvalue weighted by atomic mass is 35.5. The molecule has 0 saturated carbocycles. The molecule has 2 rings (SSSR count). The molecule has 2 aromatic rings. The number of para-hydroxylation sites is 1. The predicted octanol–water partition coefficient (Wildman–Crippen LogP) is 4.27. The Kier molecular flexibility index (Phi) is 2.88. The Morgan fingerprint density at radius 3 is 2.40 bits per heavy atom. The summed E-state index contributed by atoms with van der Waals surface area (Å²) in [5, 5.41) is 0.0587. The molecule has 1 nitrogen and oxygen atoms in total. The van der Waals surface area contributed by atoms with Gasteiger partial charge in [0.2, 0.25) is 0 Å². The van der Waals surface area contributed by atoms with Gasteiger partial charge in [0.15, 0.2) is 11.6 Å². The Hall–Kier alpha value is -1.54. The van der Waals surface area contributed by atoms with Crippen molar-refractivity contribution in [1.82, 2.24) is 0 Å². The van der Waals surface area contributed by atoms with Crippen LogP contribution >= 0.6 is 11.6 Å². The molecule has 0 aliphatic heterocycles. The van der Waals surface area contributed by atoms with Crippen LogP contribution in [0.25, 0.3) is 0 Å². The normalized spacial score (nSPS) is 10.0. The van der Waals surface area contributed by atoms with Crippen LogP contribution in [0.2, 0.25) is 5.02 Å².